The Morgan fingerprint density at radius 1 is 1.36 bits per heavy atom. The van der Waals surface area contributed by atoms with Crippen LogP contribution in [0.25, 0.3) is 0 Å². The van der Waals surface area contributed by atoms with Crippen LogP contribution in [0.4, 0.5) is 0 Å². The van der Waals surface area contributed by atoms with E-state index in [1.165, 1.54) is 0 Å². The van der Waals surface area contributed by atoms with Crippen molar-refractivity contribution < 1.29 is 9.26 Å². The number of benzene rings is 1. The molecule has 0 aliphatic rings. The molecule has 1 aromatic heterocycles. The van der Waals surface area contributed by atoms with Gasteiger partial charge in [-0.3, -0.25) is 4.99 Å². The number of guanidine groups is 1. The van der Waals surface area contributed by atoms with Crippen LogP contribution in [-0.2, 0) is 6.54 Å². The molecule has 0 fully saturated rings. The second kappa shape index (κ2) is 8.29. The lowest BCUT2D eigenvalue weighted by molar-refractivity contribution is 0.281. The van der Waals surface area contributed by atoms with E-state index < -0.39 is 0 Å². The minimum Gasteiger partial charge on any atom is -0.492 e. The van der Waals surface area contributed by atoms with Gasteiger partial charge in [0.2, 0.25) is 0 Å². The van der Waals surface area contributed by atoms with Gasteiger partial charge in [0.05, 0.1) is 13.1 Å². The lowest BCUT2D eigenvalue weighted by Gasteiger charge is -2.21. The minimum absolute atomic E-state index is 0.544. The Morgan fingerprint density at radius 2 is 2.14 bits per heavy atom. The van der Waals surface area contributed by atoms with Gasteiger partial charge in [0.25, 0.3) is 0 Å². The zero-order valence-electron chi connectivity index (χ0n) is 12.6. The van der Waals surface area contributed by atoms with Gasteiger partial charge >= 0.3 is 0 Å². The molecule has 1 N–H and O–H groups in total. The molecule has 0 atom stereocenters. The molecular weight excluding hydrogens is 304 g/mol. The molecule has 0 unspecified atom stereocenters. The number of halogens is 1. The molecule has 0 bridgehead atoms. The molecule has 2 rings (SSSR count). The first-order valence-electron chi connectivity index (χ1n) is 6.88. The van der Waals surface area contributed by atoms with Crippen LogP contribution in [-0.4, -0.2) is 43.3 Å². The number of hydrogen-bond acceptors (Lipinski definition) is 4. The predicted molar refractivity (Wildman–Crippen MR) is 86.3 cm³/mol. The topological polar surface area (TPSA) is 62.9 Å². The molecule has 0 radical (unpaired) electrons. The van der Waals surface area contributed by atoms with E-state index in [9.17, 15) is 0 Å². The average molecular weight is 323 g/mol. The summed E-state index contributed by atoms with van der Waals surface area (Å²) in [5, 5.41) is 7.75. The Kier molecular flexibility index (Phi) is 6.09. The quantitative estimate of drug-likeness (QED) is 0.653. The molecule has 1 aromatic carbocycles. The molecule has 22 heavy (non-hydrogen) atoms. The Hall–Kier alpha value is -2.21. The Balaban J connectivity index is 1.74. The predicted octanol–water partition coefficient (Wildman–Crippen LogP) is 2.41. The standard InChI is InChI=1S/C15H19ClN4O2/c1-17-15(18-11-13-7-9-22-19-13)20(2)8-10-21-14-5-3-12(16)4-6-14/h3-7,9H,8,10-11H2,1-2H3,(H,17,18). The van der Waals surface area contributed by atoms with Crippen LogP contribution >= 0.6 is 11.6 Å². The molecule has 118 valence electrons. The van der Waals surface area contributed by atoms with Crippen molar-refractivity contribution in [2.75, 3.05) is 27.2 Å². The van der Waals surface area contributed by atoms with E-state index in [0.717, 1.165) is 17.4 Å². The van der Waals surface area contributed by atoms with Crippen molar-refractivity contribution in [3.8, 4) is 5.75 Å². The fraction of sp³-hybridized carbons (Fsp3) is 0.333. The Labute approximate surface area is 134 Å². The van der Waals surface area contributed by atoms with Gasteiger partial charge in [0.1, 0.15) is 24.3 Å². The van der Waals surface area contributed by atoms with Crippen molar-refractivity contribution in [3.05, 3.63) is 47.3 Å². The first-order chi connectivity index (χ1) is 10.7. The van der Waals surface area contributed by atoms with Crippen molar-refractivity contribution in [1.29, 1.82) is 0 Å². The maximum absolute atomic E-state index is 5.83. The molecule has 6 nitrogen and oxygen atoms in total. The van der Waals surface area contributed by atoms with Crippen LogP contribution < -0.4 is 10.1 Å². The van der Waals surface area contributed by atoms with Crippen LogP contribution in [0.1, 0.15) is 5.69 Å². The summed E-state index contributed by atoms with van der Waals surface area (Å²) < 4.78 is 10.5. The third-order valence-corrected chi connectivity index (χ3v) is 3.25. The molecule has 0 saturated heterocycles. The zero-order chi connectivity index (χ0) is 15.8. The average Bonchev–Trinajstić information content (AvgIpc) is 3.03. The van der Waals surface area contributed by atoms with Gasteiger partial charge in [-0.25, -0.2) is 0 Å². The maximum Gasteiger partial charge on any atom is 0.193 e. The molecule has 7 heteroatoms. The molecule has 0 aliphatic carbocycles. The van der Waals surface area contributed by atoms with Gasteiger partial charge in [0.15, 0.2) is 5.96 Å². The summed E-state index contributed by atoms with van der Waals surface area (Å²) in [5.41, 5.74) is 0.826. The highest BCUT2D eigenvalue weighted by Crippen LogP contribution is 2.15. The van der Waals surface area contributed by atoms with Crippen LogP contribution in [0, 0.1) is 0 Å². The number of rotatable bonds is 6. The van der Waals surface area contributed by atoms with Crippen molar-refractivity contribution >= 4 is 17.6 Å². The Bertz CT molecular complexity index is 584. The minimum atomic E-state index is 0.544. The summed E-state index contributed by atoms with van der Waals surface area (Å²) in [6.45, 7) is 1.80. The van der Waals surface area contributed by atoms with E-state index in [4.69, 9.17) is 20.9 Å². The summed E-state index contributed by atoms with van der Waals surface area (Å²) in [6.07, 6.45) is 1.55. The first-order valence-corrected chi connectivity index (χ1v) is 7.26. The number of aromatic nitrogens is 1. The lowest BCUT2D eigenvalue weighted by atomic mass is 10.3. The number of aliphatic imine (C=N–C) groups is 1. The fourth-order valence-electron chi connectivity index (χ4n) is 1.82. The molecule has 2 aromatic rings. The normalized spacial score (nSPS) is 11.3. The number of nitrogens with one attached hydrogen (secondary N) is 1. The summed E-state index contributed by atoms with van der Waals surface area (Å²) in [5.74, 6) is 1.56. The third-order valence-electron chi connectivity index (χ3n) is 3.00. The molecule has 1 heterocycles. The highest BCUT2D eigenvalue weighted by atomic mass is 35.5. The van der Waals surface area contributed by atoms with Gasteiger partial charge in [-0.1, -0.05) is 16.8 Å². The van der Waals surface area contributed by atoms with E-state index >= 15 is 0 Å². The number of likely N-dealkylation sites (N-methyl/N-ethyl adjacent to an activating group) is 1. The smallest absolute Gasteiger partial charge is 0.193 e. The maximum atomic E-state index is 5.83. The highest BCUT2D eigenvalue weighted by molar-refractivity contribution is 6.30. The van der Waals surface area contributed by atoms with Crippen LogP contribution in [0.2, 0.25) is 5.02 Å². The van der Waals surface area contributed by atoms with E-state index in [2.05, 4.69) is 15.5 Å². The van der Waals surface area contributed by atoms with Gasteiger partial charge in [-0.2, -0.15) is 0 Å². The lowest BCUT2D eigenvalue weighted by Crippen LogP contribution is -2.40. The summed E-state index contributed by atoms with van der Waals surface area (Å²) in [7, 11) is 3.69. The van der Waals surface area contributed by atoms with Gasteiger partial charge in [-0.05, 0) is 24.3 Å². The van der Waals surface area contributed by atoms with Crippen molar-refractivity contribution in [3.63, 3.8) is 0 Å². The van der Waals surface area contributed by atoms with Crippen LogP contribution in [0.15, 0.2) is 46.1 Å². The number of hydrogen-bond donors (Lipinski definition) is 1. The van der Waals surface area contributed by atoms with Gasteiger partial charge < -0.3 is 19.5 Å². The molecule has 0 aliphatic heterocycles. The number of ether oxygens (including phenoxy) is 1. The SMILES string of the molecule is CN=C(NCc1ccon1)N(C)CCOc1ccc(Cl)cc1. The second-order valence-electron chi connectivity index (χ2n) is 4.62. The largest absolute Gasteiger partial charge is 0.492 e. The van der Waals surface area contributed by atoms with E-state index in [-0.39, 0.29) is 0 Å². The van der Waals surface area contributed by atoms with Crippen LogP contribution in [0.3, 0.4) is 0 Å². The van der Waals surface area contributed by atoms with E-state index in [1.807, 2.05) is 30.1 Å². The van der Waals surface area contributed by atoms with Crippen molar-refractivity contribution in [2.24, 2.45) is 4.99 Å². The molecule has 0 amide bonds. The fourth-order valence-corrected chi connectivity index (χ4v) is 1.95. The van der Waals surface area contributed by atoms with Crippen LogP contribution in [0.5, 0.6) is 5.75 Å². The van der Waals surface area contributed by atoms with E-state index in [1.54, 1.807) is 25.4 Å². The summed E-state index contributed by atoms with van der Waals surface area (Å²) >= 11 is 5.83. The molecule has 0 spiro atoms. The van der Waals surface area contributed by atoms with Crippen molar-refractivity contribution in [1.82, 2.24) is 15.4 Å². The molecule has 0 saturated carbocycles. The zero-order valence-corrected chi connectivity index (χ0v) is 13.4. The Morgan fingerprint density at radius 3 is 2.77 bits per heavy atom. The monoisotopic (exact) mass is 322 g/mol. The summed E-state index contributed by atoms with van der Waals surface area (Å²) in [4.78, 5) is 6.21. The number of nitrogens with zero attached hydrogens (tertiary/aromatic N) is 3. The van der Waals surface area contributed by atoms with Crippen molar-refractivity contribution in [2.45, 2.75) is 6.54 Å². The highest BCUT2D eigenvalue weighted by Gasteiger charge is 2.06. The third kappa shape index (κ3) is 4.96. The molecular formula is C15H19ClN4O2. The second-order valence-corrected chi connectivity index (χ2v) is 5.05. The van der Waals surface area contributed by atoms with Gasteiger partial charge in [0, 0.05) is 25.2 Å². The van der Waals surface area contributed by atoms with E-state index in [0.29, 0.717) is 24.7 Å². The summed E-state index contributed by atoms with van der Waals surface area (Å²) in [6, 6.07) is 9.11. The first kappa shape index (κ1) is 16.2. The van der Waals surface area contributed by atoms with Gasteiger partial charge in [-0.15, -0.1) is 0 Å².